The van der Waals surface area contributed by atoms with Gasteiger partial charge in [-0.1, -0.05) is 20.3 Å². The molecule has 0 fully saturated rings. The molecule has 13 heavy (non-hydrogen) atoms. The van der Waals surface area contributed by atoms with Gasteiger partial charge in [-0.05, 0) is 24.5 Å². The predicted octanol–water partition coefficient (Wildman–Crippen LogP) is 1.90. The maximum absolute atomic E-state index is 11.7. The van der Waals surface area contributed by atoms with Crippen molar-refractivity contribution in [2.75, 3.05) is 0 Å². The summed E-state index contributed by atoms with van der Waals surface area (Å²) in [6.07, 6.45) is 4.73. The molecule has 0 amide bonds. The van der Waals surface area contributed by atoms with Crippen molar-refractivity contribution >= 4 is 0 Å². The Kier molecular flexibility index (Phi) is 3.29. The Morgan fingerprint density at radius 1 is 1.38 bits per heavy atom. The van der Waals surface area contributed by atoms with Crippen LogP contribution in [0.2, 0.25) is 0 Å². The highest BCUT2D eigenvalue weighted by Gasteiger charge is 2.05. The molecule has 0 bridgehead atoms. The molecule has 0 aliphatic rings. The molecule has 0 aliphatic carbocycles. The van der Waals surface area contributed by atoms with Gasteiger partial charge < -0.3 is 4.57 Å². The Morgan fingerprint density at radius 2 is 2.08 bits per heavy atom. The van der Waals surface area contributed by atoms with Gasteiger partial charge in [0.15, 0.2) is 0 Å². The van der Waals surface area contributed by atoms with E-state index >= 15 is 0 Å². The van der Waals surface area contributed by atoms with Crippen molar-refractivity contribution in [2.24, 2.45) is 7.05 Å². The SMILES string of the molecule is CCCc1c(CC)ccn(C)c1=O. The highest BCUT2D eigenvalue weighted by molar-refractivity contribution is 5.24. The van der Waals surface area contributed by atoms with Gasteiger partial charge in [0, 0.05) is 18.8 Å². The van der Waals surface area contributed by atoms with E-state index in [4.69, 9.17) is 0 Å². The predicted molar refractivity (Wildman–Crippen MR) is 55.1 cm³/mol. The maximum atomic E-state index is 11.7. The standard InChI is InChI=1S/C11H17NO/c1-4-6-10-9(5-2)7-8-12(3)11(10)13/h7-8H,4-6H2,1-3H3. The lowest BCUT2D eigenvalue weighted by molar-refractivity contribution is 0.794. The van der Waals surface area contributed by atoms with E-state index in [-0.39, 0.29) is 5.56 Å². The van der Waals surface area contributed by atoms with E-state index < -0.39 is 0 Å². The van der Waals surface area contributed by atoms with E-state index in [2.05, 4.69) is 13.8 Å². The minimum atomic E-state index is 0.168. The smallest absolute Gasteiger partial charge is 0.253 e. The van der Waals surface area contributed by atoms with E-state index in [0.29, 0.717) is 0 Å². The second-order valence-electron chi connectivity index (χ2n) is 3.34. The molecule has 0 unspecified atom stereocenters. The van der Waals surface area contributed by atoms with E-state index in [1.165, 1.54) is 5.56 Å². The molecule has 2 heteroatoms. The van der Waals surface area contributed by atoms with E-state index in [0.717, 1.165) is 24.8 Å². The number of hydrogen-bond donors (Lipinski definition) is 0. The summed E-state index contributed by atoms with van der Waals surface area (Å²) in [5.41, 5.74) is 2.36. The van der Waals surface area contributed by atoms with Gasteiger partial charge in [0.2, 0.25) is 0 Å². The molecule has 1 aromatic rings. The number of aromatic nitrogens is 1. The third kappa shape index (κ3) is 2.00. The normalized spacial score (nSPS) is 10.4. The van der Waals surface area contributed by atoms with Crippen LogP contribution in [0.3, 0.4) is 0 Å². The van der Waals surface area contributed by atoms with Gasteiger partial charge >= 0.3 is 0 Å². The Bertz CT molecular complexity index is 338. The molecule has 2 nitrogen and oxygen atoms in total. The van der Waals surface area contributed by atoms with Gasteiger partial charge in [0.05, 0.1) is 0 Å². The minimum Gasteiger partial charge on any atom is -0.318 e. The molecule has 0 saturated heterocycles. The Balaban J connectivity index is 3.24. The maximum Gasteiger partial charge on any atom is 0.253 e. The van der Waals surface area contributed by atoms with Gasteiger partial charge in [0.1, 0.15) is 0 Å². The summed E-state index contributed by atoms with van der Waals surface area (Å²) in [5.74, 6) is 0. The van der Waals surface area contributed by atoms with Crippen LogP contribution in [-0.2, 0) is 19.9 Å². The van der Waals surface area contributed by atoms with Crippen LogP contribution in [0, 0.1) is 0 Å². The van der Waals surface area contributed by atoms with Crippen molar-refractivity contribution in [3.05, 3.63) is 33.7 Å². The fourth-order valence-corrected chi connectivity index (χ4v) is 1.57. The highest BCUT2D eigenvalue weighted by atomic mass is 16.1. The van der Waals surface area contributed by atoms with Crippen molar-refractivity contribution < 1.29 is 0 Å². The molecular formula is C11H17NO. The van der Waals surface area contributed by atoms with Crippen molar-refractivity contribution in [1.82, 2.24) is 4.57 Å². The van der Waals surface area contributed by atoms with Crippen LogP contribution in [0.5, 0.6) is 0 Å². The molecule has 0 aliphatic heterocycles. The van der Waals surface area contributed by atoms with Crippen LogP contribution in [0.15, 0.2) is 17.1 Å². The summed E-state index contributed by atoms with van der Waals surface area (Å²) in [6, 6.07) is 2.05. The third-order valence-electron chi connectivity index (χ3n) is 2.35. The molecule has 0 saturated carbocycles. The molecule has 0 atom stereocenters. The first kappa shape index (κ1) is 10.0. The molecule has 0 N–H and O–H groups in total. The second-order valence-corrected chi connectivity index (χ2v) is 3.34. The summed E-state index contributed by atoms with van der Waals surface area (Å²) in [4.78, 5) is 11.7. The monoisotopic (exact) mass is 179 g/mol. The molecule has 0 radical (unpaired) electrons. The summed E-state index contributed by atoms with van der Waals surface area (Å²) in [6.45, 7) is 4.19. The Labute approximate surface area is 79.2 Å². The zero-order valence-corrected chi connectivity index (χ0v) is 8.63. The van der Waals surface area contributed by atoms with Crippen LogP contribution < -0.4 is 5.56 Å². The average Bonchev–Trinajstić information content (AvgIpc) is 2.14. The van der Waals surface area contributed by atoms with Crippen molar-refractivity contribution in [3.63, 3.8) is 0 Å². The number of pyridine rings is 1. The molecular weight excluding hydrogens is 162 g/mol. The number of nitrogens with zero attached hydrogens (tertiary/aromatic N) is 1. The average molecular weight is 179 g/mol. The zero-order valence-electron chi connectivity index (χ0n) is 8.63. The lowest BCUT2D eigenvalue weighted by Gasteiger charge is -2.07. The summed E-state index contributed by atoms with van der Waals surface area (Å²) in [5, 5.41) is 0. The molecule has 0 aromatic carbocycles. The van der Waals surface area contributed by atoms with E-state index in [1.54, 1.807) is 11.6 Å². The first-order valence-corrected chi connectivity index (χ1v) is 4.88. The highest BCUT2D eigenvalue weighted by Crippen LogP contribution is 2.06. The van der Waals surface area contributed by atoms with Crippen LogP contribution in [-0.4, -0.2) is 4.57 Å². The van der Waals surface area contributed by atoms with Crippen molar-refractivity contribution in [3.8, 4) is 0 Å². The quantitative estimate of drug-likeness (QED) is 0.694. The van der Waals surface area contributed by atoms with Crippen LogP contribution in [0.25, 0.3) is 0 Å². The minimum absolute atomic E-state index is 0.168. The summed E-state index contributed by atoms with van der Waals surface area (Å²) < 4.78 is 1.66. The topological polar surface area (TPSA) is 22.0 Å². The van der Waals surface area contributed by atoms with E-state index in [9.17, 15) is 4.79 Å². The number of hydrogen-bond acceptors (Lipinski definition) is 1. The molecule has 72 valence electrons. The first-order chi connectivity index (χ1) is 6.20. The Morgan fingerprint density at radius 3 is 2.62 bits per heavy atom. The van der Waals surface area contributed by atoms with Gasteiger partial charge in [-0.2, -0.15) is 0 Å². The lowest BCUT2D eigenvalue weighted by Crippen LogP contribution is -2.22. The van der Waals surface area contributed by atoms with E-state index in [1.807, 2.05) is 12.3 Å². The van der Waals surface area contributed by atoms with Gasteiger partial charge in [-0.25, -0.2) is 0 Å². The van der Waals surface area contributed by atoms with Gasteiger partial charge in [0.25, 0.3) is 5.56 Å². The molecule has 0 spiro atoms. The fourth-order valence-electron chi connectivity index (χ4n) is 1.57. The molecule has 1 heterocycles. The van der Waals surface area contributed by atoms with Gasteiger partial charge in [-0.3, -0.25) is 4.79 Å². The lowest BCUT2D eigenvalue weighted by atomic mass is 10.0. The largest absolute Gasteiger partial charge is 0.318 e. The number of aryl methyl sites for hydroxylation is 2. The fraction of sp³-hybridized carbons (Fsp3) is 0.545. The third-order valence-corrected chi connectivity index (χ3v) is 2.35. The Hall–Kier alpha value is -1.05. The molecule has 1 rings (SSSR count). The second kappa shape index (κ2) is 4.26. The van der Waals surface area contributed by atoms with Crippen LogP contribution >= 0.6 is 0 Å². The van der Waals surface area contributed by atoms with Gasteiger partial charge in [-0.15, -0.1) is 0 Å². The first-order valence-electron chi connectivity index (χ1n) is 4.88. The van der Waals surface area contributed by atoms with Crippen LogP contribution in [0.4, 0.5) is 0 Å². The number of rotatable bonds is 3. The van der Waals surface area contributed by atoms with Crippen molar-refractivity contribution in [1.29, 1.82) is 0 Å². The summed E-state index contributed by atoms with van der Waals surface area (Å²) >= 11 is 0. The molecule has 1 aromatic heterocycles. The van der Waals surface area contributed by atoms with Crippen molar-refractivity contribution in [2.45, 2.75) is 33.1 Å². The summed E-state index contributed by atoms with van der Waals surface area (Å²) in [7, 11) is 1.81. The van der Waals surface area contributed by atoms with Crippen LogP contribution in [0.1, 0.15) is 31.4 Å². The zero-order chi connectivity index (χ0) is 9.84.